The highest BCUT2D eigenvalue weighted by molar-refractivity contribution is 5.99. The van der Waals surface area contributed by atoms with Crippen molar-refractivity contribution in [3.05, 3.63) is 0 Å². The Morgan fingerprint density at radius 2 is 1.59 bits per heavy atom. The summed E-state index contributed by atoms with van der Waals surface area (Å²) in [7, 11) is 3.57. The van der Waals surface area contributed by atoms with Crippen LogP contribution >= 0.6 is 0 Å². The summed E-state index contributed by atoms with van der Waals surface area (Å²) in [5, 5.41) is 22.9. The van der Waals surface area contributed by atoms with Crippen LogP contribution in [0.15, 0.2) is 0 Å². The van der Waals surface area contributed by atoms with E-state index in [0.29, 0.717) is 19.4 Å². The summed E-state index contributed by atoms with van der Waals surface area (Å²) in [5.74, 6) is -2.22. The van der Waals surface area contributed by atoms with Crippen molar-refractivity contribution in [1.82, 2.24) is 4.90 Å². The number of ether oxygens (including phenoxy) is 2. The molecule has 1 rings (SSSR count). The third kappa shape index (κ3) is 5.54. The van der Waals surface area contributed by atoms with E-state index in [0.717, 1.165) is 0 Å². The summed E-state index contributed by atoms with van der Waals surface area (Å²) in [4.78, 5) is 28.2. The van der Waals surface area contributed by atoms with E-state index in [9.17, 15) is 19.8 Å². The Kier molecular flexibility index (Phi) is 9.52. The van der Waals surface area contributed by atoms with Crippen molar-refractivity contribution in [2.75, 3.05) is 20.7 Å². The van der Waals surface area contributed by atoms with E-state index >= 15 is 0 Å². The number of carbonyl (C=O) groups excluding carboxylic acids is 2. The fraction of sp³-hybridized carbons (Fsp3) is 0.920. The maximum atomic E-state index is 13.2. The number of ketones is 1. The lowest BCUT2D eigenvalue weighted by molar-refractivity contribution is -0.221. The number of likely N-dealkylation sites (N-methyl/N-ethyl adjacent to an activating group) is 1. The van der Waals surface area contributed by atoms with Gasteiger partial charge in [0.1, 0.15) is 29.0 Å². The number of methoxy groups -OCH3 is 1. The van der Waals surface area contributed by atoms with Crippen LogP contribution in [0.25, 0.3) is 0 Å². The van der Waals surface area contributed by atoms with Gasteiger partial charge >= 0.3 is 5.97 Å². The number of cyclic esters (lactones) is 1. The number of rotatable bonds is 2. The Labute approximate surface area is 194 Å². The van der Waals surface area contributed by atoms with Crippen LogP contribution in [0.5, 0.6) is 0 Å². The lowest BCUT2D eigenvalue weighted by Crippen LogP contribution is -2.66. The second-order valence-electron chi connectivity index (χ2n) is 10.8. The molecule has 0 aromatic rings. The highest BCUT2D eigenvalue weighted by Crippen LogP contribution is 2.38. The molecule has 2 N–H and O–H groups in total. The van der Waals surface area contributed by atoms with Crippen LogP contribution in [0.3, 0.4) is 0 Å². The number of hydrogen-bond donors (Lipinski definition) is 2. The predicted molar refractivity (Wildman–Crippen MR) is 125 cm³/mol. The van der Waals surface area contributed by atoms with Gasteiger partial charge in [0.05, 0.1) is 5.60 Å². The third-order valence-electron chi connectivity index (χ3n) is 8.52. The van der Waals surface area contributed by atoms with Gasteiger partial charge in [0.15, 0.2) is 0 Å². The summed E-state index contributed by atoms with van der Waals surface area (Å²) in [5.41, 5.74) is -3.87. The molecule has 0 amide bonds. The molecule has 0 aliphatic carbocycles. The standard InChI is InChI=1S/C25H47NO6/c1-12-20-25(9,30)24(8,29)19(6)26(10)14-15(2)13-23(7,31-11)18(5)16(3)21(27)17(4)22(28)32-20/h15-20,29-30H,12-14H2,1-11H3/t15-,16-,17-,18-,19-,20-,23-,24+,25-/m1/s1. The van der Waals surface area contributed by atoms with Gasteiger partial charge in [-0.25, -0.2) is 0 Å². The molecule has 1 fully saturated rings. The van der Waals surface area contributed by atoms with Gasteiger partial charge in [0.25, 0.3) is 0 Å². The number of esters is 1. The van der Waals surface area contributed by atoms with Crippen LogP contribution in [0.4, 0.5) is 0 Å². The molecule has 188 valence electrons. The van der Waals surface area contributed by atoms with E-state index in [1.165, 1.54) is 6.92 Å². The predicted octanol–water partition coefficient (Wildman–Crippen LogP) is 3.05. The number of aliphatic hydroxyl groups is 2. The SMILES string of the molecule is CC[C@H]1OC(=O)[C@H](C)C(=O)[C@H](C)[C@@H](C)[C@](C)(OC)C[C@@H](C)CN(C)[C@H](C)[C@](C)(O)[C@]1(C)O. The first-order chi connectivity index (χ1) is 14.5. The maximum absolute atomic E-state index is 13.2. The second kappa shape index (κ2) is 10.5. The van der Waals surface area contributed by atoms with E-state index in [1.54, 1.807) is 27.9 Å². The minimum atomic E-state index is -1.72. The molecule has 0 saturated carbocycles. The third-order valence-corrected chi connectivity index (χ3v) is 8.52. The number of hydrogen-bond acceptors (Lipinski definition) is 7. The van der Waals surface area contributed by atoms with Crippen LogP contribution in [0.1, 0.15) is 75.2 Å². The Hall–Kier alpha value is -1.02. The zero-order chi connectivity index (χ0) is 25.2. The molecule has 9 atom stereocenters. The molecule has 0 aromatic carbocycles. The Bertz CT molecular complexity index is 663. The molecule has 0 aromatic heterocycles. The minimum absolute atomic E-state index is 0.126. The summed E-state index contributed by atoms with van der Waals surface area (Å²) in [6.07, 6.45) is 0.0422. The van der Waals surface area contributed by atoms with Crippen LogP contribution in [0.2, 0.25) is 0 Å². The van der Waals surface area contributed by atoms with Gasteiger partial charge in [-0.15, -0.1) is 0 Å². The molecule has 1 aliphatic heterocycles. The van der Waals surface area contributed by atoms with Crippen LogP contribution in [-0.2, 0) is 19.1 Å². The maximum Gasteiger partial charge on any atom is 0.316 e. The van der Waals surface area contributed by atoms with Gasteiger partial charge < -0.3 is 24.6 Å². The first-order valence-corrected chi connectivity index (χ1v) is 11.9. The molecule has 0 spiro atoms. The van der Waals surface area contributed by atoms with E-state index in [1.807, 2.05) is 39.6 Å². The Morgan fingerprint density at radius 3 is 2.06 bits per heavy atom. The fourth-order valence-corrected chi connectivity index (χ4v) is 5.16. The molecule has 7 heteroatoms. The van der Waals surface area contributed by atoms with Crippen LogP contribution < -0.4 is 0 Å². The zero-order valence-corrected chi connectivity index (χ0v) is 22.1. The molecule has 1 aliphatic rings. The fourth-order valence-electron chi connectivity index (χ4n) is 5.16. The number of nitrogens with zero attached hydrogens (tertiary/aromatic N) is 1. The highest BCUT2D eigenvalue weighted by atomic mass is 16.6. The number of Topliss-reactive ketones (excluding diaryl/α,β-unsaturated/α-hetero) is 1. The molecular formula is C25H47NO6. The van der Waals surface area contributed by atoms with E-state index in [-0.39, 0.29) is 17.6 Å². The average molecular weight is 458 g/mol. The molecule has 0 unspecified atom stereocenters. The van der Waals surface area contributed by atoms with Crippen molar-refractivity contribution in [3.63, 3.8) is 0 Å². The van der Waals surface area contributed by atoms with Gasteiger partial charge in [-0.05, 0) is 66.3 Å². The largest absolute Gasteiger partial charge is 0.459 e. The molecule has 32 heavy (non-hydrogen) atoms. The topological polar surface area (TPSA) is 96.3 Å². The molecule has 7 nitrogen and oxygen atoms in total. The normalized spacial score (nSPS) is 46.3. The lowest BCUT2D eigenvalue weighted by atomic mass is 9.73. The quantitative estimate of drug-likeness (QED) is 0.486. The average Bonchev–Trinajstić information content (AvgIpc) is 2.72. The first kappa shape index (κ1) is 29.0. The van der Waals surface area contributed by atoms with Crippen molar-refractivity contribution in [2.45, 2.75) is 104 Å². The smallest absolute Gasteiger partial charge is 0.316 e. The van der Waals surface area contributed by atoms with Crippen LogP contribution in [0, 0.1) is 23.7 Å². The molecule has 0 bridgehead atoms. The van der Waals surface area contributed by atoms with Gasteiger partial charge in [-0.1, -0.05) is 27.7 Å². The van der Waals surface area contributed by atoms with Crippen LogP contribution in [-0.4, -0.2) is 76.5 Å². The zero-order valence-electron chi connectivity index (χ0n) is 22.1. The minimum Gasteiger partial charge on any atom is -0.459 e. The lowest BCUT2D eigenvalue weighted by Gasteiger charge is -2.49. The van der Waals surface area contributed by atoms with Gasteiger partial charge in [0.2, 0.25) is 0 Å². The van der Waals surface area contributed by atoms with Crippen molar-refractivity contribution in [2.24, 2.45) is 23.7 Å². The summed E-state index contributed by atoms with van der Waals surface area (Å²) < 4.78 is 11.6. The van der Waals surface area contributed by atoms with Gasteiger partial charge in [-0.2, -0.15) is 0 Å². The summed E-state index contributed by atoms with van der Waals surface area (Å²) >= 11 is 0. The van der Waals surface area contributed by atoms with Crippen molar-refractivity contribution >= 4 is 11.8 Å². The second-order valence-corrected chi connectivity index (χ2v) is 10.8. The Morgan fingerprint density at radius 1 is 1.06 bits per heavy atom. The van der Waals surface area contributed by atoms with Crippen molar-refractivity contribution < 1.29 is 29.3 Å². The van der Waals surface area contributed by atoms with Gasteiger partial charge in [-0.3, -0.25) is 9.59 Å². The van der Waals surface area contributed by atoms with Gasteiger partial charge in [0, 0.05) is 25.6 Å². The molecular weight excluding hydrogens is 410 g/mol. The first-order valence-electron chi connectivity index (χ1n) is 11.9. The van der Waals surface area contributed by atoms with E-state index < -0.39 is 46.8 Å². The molecule has 0 radical (unpaired) electrons. The van der Waals surface area contributed by atoms with Crippen molar-refractivity contribution in [3.8, 4) is 0 Å². The monoisotopic (exact) mass is 457 g/mol. The highest BCUT2D eigenvalue weighted by Gasteiger charge is 2.53. The Balaban J connectivity index is 3.52. The summed E-state index contributed by atoms with van der Waals surface area (Å²) in [6.45, 7) is 16.9. The summed E-state index contributed by atoms with van der Waals surface area (Å²) in [6, 6.07) is -0.429. The van der Waals surface area contributed by atoms with Crippen molar-refractivity contribution in [1.29, 1.82) is 0 Å². The van der Waals surface area contributed by atoms with E-state index in [2.05, 4.69) is 6.92 Å². The molecule has 1 saturated heterocycles. The van der Waals surface area contributed by atoms with E-state index in [4.69, 9.17) is 9.47 Å². The molecule has 1 heterocycles. The number of carbonyl (C=O) groups is 2.